The van der Waals surface area contributed by atoms with Crippen LogP contribution in [0, 0.1) is 19.7 Å². The van der Waals surface area contributed by atoms with Crippen LogP contribution in [-0.2, 0) is 0 Å². The topological polar surface area (TPSA) is 121 Å². The minimum atomic E-state index is -1.24. The average Bonchev–Trinajstić information content (AvgIpc) is 3.01. The number of aromatic nitrogens is 1. The number of hydrogen-bond acceptors (Lipinski definition) is 4. The van der Waals surface area contributed by atoms with Gasteiger partial charge >= 0.3 is 11.9 Å². The van der Waals surface area contributed by atoms with Gasteiger partial charge in [0, 0.05) is 28.2 Å². The van der Waals surface area contributed by atoms with E-state index in [0.717, 1.165) is 6.07 Å². The highest BCUT2D eigenvalue weighted by molar-refractivity contribution is 5.96. The smallest absolute Gasteiger partial charge is 0.335 e. The second kappa shape index (κ2) is 8.62. The van der Waals surface area contributed by atoms with E-state index in [1.54, 1.807) is 24.5 Å². The monoisotopic (exact) mass is 423 g/mol. The molecule has 8 nitrogen and oxygen atoms in total. The maximum Gasteiger partial charge on any atom is 0.335 e. The molecule has 3 aromatic rings. The highest BCUT2D eigenvalue weighted by Gasteiger charge is 2.16. The van der Waals surface area contributed by atoms with Crippen LogP contribution in [0.15, 0.2) is 53.6 Å². The summed E-state index contributed by atoms with van der Waals surface area (Å²) in [5.74, 6) is -3.44. The number of benzene rings is 2. The first-order chi connectivity index (χ1) is 14.7. The van der Waals surface area contributed by atoms with E-state index in [1.165, 1.54) is 42.6 Å². The molecule has 0 aliphatic heterocycles. The van der Waals surface area contributed by atoms with Gasteiger partial charge in [-0.05, 0) is 62.4 Å². The van der Waals surface area contributed by atoms with Crippen LogP contribution >= 0.6 is 0 Å². The van der Waals surface area contributed by atoms with Crippen LogP contribution in [-0.4, -0.2) is 38.8 Å². The fourth-order valence-electron chi connectivity index (χ4n) is 3.13. The summed E-state index contributed by atoms with van der Waals surface area (Å²) in [5.41, 5.74) is 4.69. The van der Waals surface area contributed by atoms with Crippen molar-refractivity contribution < 1.29 is 29.0 Å². The Balaban J connectivity index is 1.90. The van der Waals surface area contributed by atoms with Crippen molar-refractivity contribution in [2.75, 3.05) is 0 Å². The summed E-state index contributed by atoms with van der Waals surface area (Å²) in [4.78, 5) is 34.8. The molecule has 9 heteroatoms. The van der Waals surface area contributed by atoms with E-state index in [1.807, 2.05) is 0 Å². The standard InChI is InChI=1S/C22H18FN3O5/c1-12-7-17(11-24-25-20(27)14-3-5-18(23)6-4-14)13(2)26(12)19-9-15(21(28)29)8-16(10-19)22(30)31/h3-11H,1-2H3,(H,25,27)(H,28,29)(H,30,31)/b24-11-. The second-order valence-electron chi connectivity index (χ2n) is 6.75. The van der Waals surface area contributed by atoms with E-state index in [9.17, 15) is 29.0 Å². The Bertz CT molecular complexity index is 1180. The normalized spacial score (nSPS) is 10.9. The number of carboxylic acids is 2. The fourth-order valence-corrected chi connectivity index (χ4v) is 3.13. The molecule has 0 bridgehead atoms. The zero-order chi connectivity index (χ0) is 22.7. The molecule has 1 heterocycles. The van der Waals surface area contributed by atoms with Gasteiger partial charge in [-0.1, -0.05) is 0 Å². The van der Waals surface area contributed by atoms with Crippen LogP contribution in [0.2, 0.25) is 0 Å². The lowest BCUT2D eigenvalue weighted by Crippen LogP contribution is -2.17. The molecule has 2 aromatic carbocycles. The maximum atomic E-state index is 13.0. The Kier molecular flexibility index (Phi) is 5.96. The SMILES string of the molecule is Cc1cc(/C=N\NC(=O)c2ccc(F)cc2)c(C)n1-c1cc(C(=O)O)cc(C(=O)O)c1. The van der Waals surface area contributed by atoms with Crippen molar-refractivity contribution in [3.63, 3.8) is 0 Å². The minimum Gasteiger partial charge on any atom is -0.478 e. The Morgan fingerprint density at radius 1 is 0.935 bits per heavy atom. The van der Waals surface area contributed by atoms with Crippen LogP contribution in [0.5, 0.6) is 0 Å². The number of carbonyl (C=O) groups excluding carboxylic acids is 1. The molecular formula is C22H18FN3O5. The summed E-state index contributed by atoms with van der Waals surface area (Å²) < 4.78 is 14.7. The number of nitrogens with zero attached hydrogens (tertiary/aromatic N) is 2. The quantitative estimate of drug-likeness (QED) is 0.415. The van der Waals surface area contributed by atoms with E-state index >= 15 is 0 Å². The maximum absolute atomic E-state index is 13.0. The van der Waals surface area contributed by atoms with Crippen LogP contribution in [0.3, 0.4) is 0 Å². The lowest BCUT2D eigenvalue weighted by molar-refractivity contribution is 0.0696. The number of hydrazone groups is 1. The summed E-state index contributed by atoms with van der Waals surface area (Å²) in [6.07, 6.45) is 1.42. The molecule has 0 saturated carbocycles. The fraction of sp³-hybridized carbons (Fsp3) is 0.0909. The molecular weight excluding hydrogens is 405 g/mol. The largest absolute Gasteiger partial charge is 0.478 e. The molecule has 3 rings (SSSR count). The number of rotatable bonds is 6. The third-order valence-corrected chi connectivity index (χ3v) is 4.62. The van der Waals surface area contributed by atoms with Crippen molar-refractivity contribution in [1.29, 1.82) is 0 Å². The van der Waals surface area contributed by atoms with Crippen LogP contribution in [0.25, 0.3) is 5.69 Å². The number of carboxylic acid groups (broad SMARTS) is 2. The van der Waals surface area contributed by atoms with Gasteiger partial charge in [0.05, 0.1) is 17.3 Å². The molecule has 0 radical (unpaired) electrons. The summed E-state index contributed by atoms with van der Waals surface area (Å²) in [6.45, 7) is 3.53. The first-order valence-corrected chi connectivity index (χ1v) is 9.07. The van der Waals surface area contributed by atoms with Gasteiger partial charge in [0.1, 0.15) is 5.82 Å². The molecule has 1 aromatic heterocycles. The van der Waals surface area contributed by atoms with Gasteiger partial charge in [0.25, 0.3) is 5.91 Å². The molecule has 158 valence electrons. The van der Waals surface area contributed by atoms with E-state index in [-0.39, 0.29) is 16.7 Å². The molecule has 0 atom stereocenters. The zero-order valence-electron chi connectivity index (χ0n) is 16.6. The lowest BCUT2D eigenvalue weighted by Gasteiger charge is -2.12. The number of aryl methyl sites for hydroxylation is 1. The second-order valence-corrected chi connectivity index (χ2v) is 6.75. The first-order valence-electron chi connectivity index (χ1n) is 9.07. The zero-order valence-corrected chi connectivity index (χ0v) is 16.6. The van der Waals surface area contributed by atoms with Crippen molar-refractivity contribution >= 4 is 24.1 Å². The average molecular weight is 423 g/mol. The van der Waals surface area contributed by atoms with Gasteiger partial charge < -0.3 is 14.8 Å². The van der Waals surface area contributed by atoms with Crippen molar-refractivity contribution in [3.05, 3.63) is 88.0 Å². The number of amides is 1. The predicted molar refractivity (Wildman–Crippen MR) is 111 cm³/mol. The van der Waals surface area contributed by atoms with Gasteiger partial charge in [-0.2, -0.15) is 5.10 Å². The van der Waals surface area contributed by atoms with Gasteiger partial charge in [-0.15, -0.1) is 0 Å². The van der Waals surface area contributed by atoms with Gasteiger partial charge in [-0.3, -0.25) is 4.79 Å². The number of hydrogen-bond donors (Lipinski definition) is 3. The van der Waals surface area contributed by atoms with E-state index in [0.29, 0.717) is 22.6 Å². The highest BCUT2D eigenvalue weighted by Crippen LogP contribution is 2.22. The van der Waals surface area contributed by atoms with Crippen LogP contribution in [0.4, 0.5) is 4.39 Å². The molecule has 1 amide bonds. The van der Waals surface area contributed by atoms with Gasteiger partial charge in [0.15, 0.2) is 0 Å². The summed E-state index contributed by atoms with van der Waals surface area (Å²) in [5, 5.41) is 22.5. The van der Waals surface area contributed by atoms with Crippen molar-refractivity contribution in [1.82, 2.24) is 9.99 Å². The third-order valence-electron chi connectivity index (χ3n) is 4.62. The van der Waals surface area contributed by atoms with Gasteiger partial charge in [-0.25, -0.2) is 19.4 Å². The van der Waals surface area contributed by atoms with Crippen LogP contribution in [0.1, 0.15) is 48.0 Å². The van der Waals surface area contributed by atoms with Crippen LogP contribution < -0.4 is 5.43 Å². The molecule has 0 saturated heterocycles. The molecule has 31 heavy (non-hydrogen) atoms. The molecule has 3 N–H and O–H groups in total. The molecule has 0 aliphatic rings. The minimum absolute atomic E-state index is 0.149. The van der Waals surface area contributed by atoms with Crippen molar-refractivity contribution in [3.8, 4) is 5.69 Å². The molecule has 0 unspecified atom stereocenters. The Morgan fingerprint density at radius 2 is 1.52 bits per heavy atom. The number of nitrogens with one attached hydrogen (secondary N) is 1. The molecule has 0 fully saturated rings. The Morgan fingerprint density at radius 3 is 2.06 bits per heavy atom. The summed E-state index contributed by atoms with van der Waals surface area (Å²) >= 11 is 0. The van der Waals surface area contributed by atoms with E-state index < -0.39 is 23.7 Å². The highest BCUT2D eigenvalue weighted by atomic mass is 19.1. The third kappa shape index (κ3) is 4.67. The number of aromatic carboxylic acids is 2. The Hall–Kier alpha value is -4.27. The summed E-state index contributed by atoms with van der Waals surface area (Å²) in [6, 6.07) is 10.6. The van der Waals surface area contributed by atoms with Crippen molar-refractivity contribution in [2.45, 2.75) is 13.8 Å². The lowest BCUT2D eigenvalue weighted by atomic mass is 10.1. The van der Waals surface area contributed by atoms with E-state index in [4.69, 9.17) is 0 Å². The van der Waals surface area contributed by atoms with Gasteiger partial charge in [0.2, 0.25) is 0 Å². The number of halogens is 1. The summed E-state index contributed by atoms with van der Waals surface area (Å²) in [7, 11) is 0. The molecule has 0 spiro atoms. The number of carbonyl (C=O) groups is 3. The van der Waals surface area contributed by atoms with E-state index in [2.05, 4.69) is 10.5 Å². The Labute approximate surface area is 176 Å². The van der Waals surface area contributed by atoms with Crippen molar-refractivity contribution in [2.24, 2.45) is 5.10 Å². The predicted octanol–water partition coefficient (Wildman–Crippen LogP) is 3.39. The molecule has 0 aliphatic carbocycles. The first kappa shape index (κ1) is 21.4.